The smallest absolute Gasteiger partial charge is 0.239 e. The average molecular weight is 295 g/mol. The van der Waals surface area contributed by atoms with Crippen molar-refractivity contribution in [3.8, 4) is 0 Å². The highest BCUT2D eigenvalue weighted by molar-refractivity contribution is 5.85. The maximum atomic E-state index is 12.4. The zero-order chi connectivity index (χ0) is 15.8. The molecule has 0 radical (unpaired) electrons. The third kappa shape index (κ3) is 4.68. The van der Waals surface area contributed by atoms with Gasteiger partial charge < -0.3 is 5.32 Å². The summed E-state index contributed by atoms with van der Waals surface area (Å²) in [7, 11) is 0. The maximum absolute atomic E-state index is 12.4. The fraction of sp³-hybridized carbons (Fsp3) is 0.941. The molecule has 1 saturated heterocycles. The van der Waals surface area contributed by atoms with Gasteiger partial charge in [0.1, 0.15) is 0 Å². The fourth-order valence-corrected chi connectivity index (χ4v) is 3.22. The summed E-state index contributed by atoms with van der Waals surface area (Å²) in [5, 5.41) is 6.66. The number of hydrogen-bond acceptors (Lipinski definition) is 3. The van der Waals surface area contributed by atoms with Gasteiger partial charge in [-0.25, -0.2) is 0 Å². The Morgan fingerprint density at radius 3 is 2.33 bits per heavy atom. The van der Waals surface area contributed by atoms with E-state index in [1.807, 2.05) is 13.8 Å². The summed E-state index contributed by atoms with van der Waals surface area (Å²) >= 11 is 0. The van der Waals surface area contributed by atoms with Gasteiger partial charge in [-0.2, -0.15) is 0 Å². The monoisotopic (exact) mass is 295 g/mol. The zero-order valence-electron chi connectivity index (χ0n) is 14.6. The summed E-state index contributed by atoms with van der Waals surface area (Å²) in [6, 6.07) is 1.88. The number of carbonyl (C=O) groups excluding carboxylic acids is 1. The Morgan fingerprint density at radius 1 is 1.19 bits per heavy atom. The Labute approximate surface area is 130 Å². The molecule has 0 aromatic rings. The van der Waals surface area contributed by atoms with E-state index in [1.54, 1.807) is 0 Å². The summed E-state index contributed by atoms with van der Waals surface area (Å²) < 4.78 is 0. The predicted molar refractivity (Wildman–Crippen MR) is 87.3 cm³/mol. The lowest BCUT2D eigenvalue weighted by Gasteiger charge is -2.30. The molecule has 2 rings (SSSR count). The molecule has 0 aromatic heterocycles. The minimum Gasteiger partial charge on any atom is -0.354 e. The lowest BCUT2D eigenvalue weighted by molar-refractivity contribution is -0.127. The lowest BCUT2D eigenvalue weighted by Crippen LogP contribution is -2.57. The Bertz CT molecular complexity index is 382. The second-order valence-corrected chi connectivity index (χ2v) is 8.72. The number of carbonyl (C=O) groups is 1. The van der Waals surface area contributed by atoms with Crippen molar-refractivity contribution >= 4 is 5.91 Å². The van der Waals surface area contributed by atoms with E-state index in [2.05, 4.69) is 43.2 Å². The Kier molecular flexibility index (Phi) is 4.69. The van der Waals surface area contributed by atoms with Crippen LogP contribution in [0.25, 0.3) is 0 Å². The minimum absolute atomic E-state index is 0.106. The van der Waals surface area contributed by atoms with Gasteiger partial charge in [0.15, 0.2) is 0 Å². The van der Waals surface area contributed by atoms with Gasteiger partial charge in [-0.3, -0.25) is 15.0 Å². The summed E-state index contributed by atoms with van der Waals surface area (Å²) in [4.78, 5) is 15.0. The summed E-state index contributed by atoms with van der Waals surface area (Å²) in [6.07, 6.45) is 3.85. The van der Waals surface area contributed by atoms with Crippen molar-refractivity contribution in [3.05, 3.63) is 0 Å². The number of likely N-dealkylation sites (tertiary alicyclic amines) is 1. The number of nitrogens with zero attached hydrogens (tertiary/aromatic N) is 1. The third-order valence-electron chi connectivity index (χ3n) is 4.55. The second-order valence-electron chi connectivity index (χ2n) is 8.72. The number of nitrogens with one attached hydrogen (secondary N) is 2. The first-order valence-corrected chi connectivity index (χ1v) is 8.40. The molecule has 1 aliphatic carbocycles. The maximum Gasteiger partial charge on any atom is 0.239 e. The van der Waals surface area contributed by atoms with Crippen LogP contribution in [-0.4, -0.2) is 47.6 Å². The molecule has 2 aliphatic rings. The van der Waals surface area contributed by atoms with Crippen molar-refractivity contribution in [2.24, 2.45) is 5.41 Å². The molecular formula is C17H33N3O. The first kappa shape index (κ1) is 16.8. The van der Waals surface area contributed by atoms with Gasteiger partial charge in [-0.1, -0.05) is 20.8 Å². The molecule has 2 fully saturated rings. The molecule has 1 heterocycles. The average Bonchev–Trinajstić information content (AvgIpc) is 3.10. The molecule has 4 heteroatoms. The Hall–Kier alpha value is -0.610. The molecule has 2 N–H and O–H groups in total. The molecule has 0 bridgehead atoms. The Morgan fingerprint density at radius 2 is 1.81 bits per heavy atom. The fourth-order valence-electron chi connectivity index (χ4n) is 3.22. The van der Waals surface area contributed by atoms with Gasteiger partial charge >= 0.3 is 0 Å². The van der Waals surface area contributed by atoms with Crippen LogP contribution in [0.1, 0.15) is 60.8 Å². The van der Waals surface area contributed by atoms with Gasteiger partial charge in [0, 0.05) is 31.2 Å². The molecule has 122 valence electrons. The van der Waals surface area contributed by atoms with Crippen LogP contribution in [0.4, 0.5) is 0 Å². The Balaban J connectivity index is 1.84. The highest BCUT2D eigenvalue weighted by Gasteiger charge is 2.41. The molecule has 1 amide bonds. The van der Waals surface area contributed by atoms with Crippen LogP contribution >= 0.6 is 0 Å². The van der Waals surface area contributed by atoms with Gasteiger partial charge in [-0.15, -0.1) is 0 Å². The van der Waals surface area contributed by atoms with E-state index in [1.165, 1.54) is 12.8 Å². The summed E-state index contributed by atoms with van der Waals surface area (Å²) in [6.45, 7) is 14.5. The van der Waals surface area contributed by atoms with Gasteiger partial charge in [0.2, 0.25) is 5.91 Å². The molecule has 0 spiro atoms. The van der Waals surface area contributed by atoms with Crippen LogP contribution in [0.5, 0.6) is 0 Å². The van der Waals surface area contributed by atoms with Crippen LogP contribution in [0.15, 0.2) is 0 Å². The first-order valence-electron chi connectivity index (χ1n) is 8.40. The number of rotatable bonds is 5. The molecule has 1 aliphatic heterocycles. The third-order valence-corrected chi connectivity index (χ3v) is 4.55. The van der Waals surface area contributed by atoms with Crippen LogP contribution in [0.3, 0.4) is 0 Å². The number of hydrogen-bond donors (Lipinski definition) is 2. The highest BCUT2D eigenvalue weighted by atomic mass is 16.2. The van der Waals surface area contributed by atoms with E-state index in [4.69, 9.17) is 0 Å². The van der Waals surface area contributed by atoms with Crippen LogP contribution in [-0.2, 0) is 4.79 Å². The van der Waals surface area contributed by atoms with Gasteiger partial charge in [0.05, 0.1) is 5.54 Å². The highest BCUT2D eigenvalue weighted by Crippen LogP contribution is 2.33. The largest absolute Gasteiger partial charge is 0.354 e. The van der Waals surface area contributed by atoms with Crippen molar-refractivity contribution in [2.45, 2.75) is 84.5 Å². The molecule has 4 nitrogen and oxygen atoms in total. The number of amides is 1. The first-order chi connectivity index (χ1) is 9.58. The molecule has 1 saturated carbocycles. The van der Waals surface area contributed by atoms with E-state index in [-0.39, 0.29) is 11.3 Å². The van der Waals surface area contributed by atoms with E-state index in [0.717, 1.165) is 19.0 Å². The van der Waals surface area contributed by atoms with Crippen molar-refractivity contribution in [1.82, 2.24) is 15.5 Å². The van der Waals surface area contributed by atoms with Gasteiger partial charge in [0.25, 0.3) is 0 Å². The summed E-state index contributed by atoms with van der Waals surface area (Å²) in [5.41, 5.74) is -0.383. The lowest BCUT2D eigenvalue weighted by atomic mass is 9.95. The van der Waals surface area contributed by atoms with Crippen molar-refractivity contribution in [2.75, 3.05) is 13.1 Å². The quantitative estimate of drug-likeness (QED) is 0.817. The summed E-state index contributed by atoms with van der Waals surface area (Å²) in [5.74, 6) is 0.106. The molecular weight excluding hydrogens is 262 g/mol. The van der Waals surface area contributed by atoms with E-state index in [0.29, 0.717) is 18.6 Å². The predicted octanol–water partition coefficient (Wildman–Crippen LogP) is 2.14. The van der Waals surface area contributed by atoms with Crippen molar-refractivity contribution < 1.29 is 4.79 Å². The SMILES string of the molecule is CC1CC(NC(C)(C)C(=O)NCC(C)(C)C)CN1C1CC1. The minimum atomic E-state index is -0.505. The molecule has 21 heavy (non-hydrogen) atoms. The zero-order valence-corrected chi connectivity index (χ0v) is 14.6. The molecule has 0 aromatic carbocycles. The van der Waals surface area contributed by atoms with E-state index in [9.17, 15) is 4.79 Å². The van der Waals surface area contributed by atoms with Crippen molar-refractivity contribution in [3.63, 3.8) is 0 Å². The topological polar surface area (TPSA) is 44.4 Å². The molecule has 2 atom stereocenters. The van der Waals surface area contributed by atoms with E-state index < -0.39 is 5.54 Å². The van der Waals surface area contributed by atoms with Crippen LogP contribution < -0.4 is 10.6 Å². The standard InChI is InChI=1S/C17H33N3O/c1-12-9-13(10-20(12)14-7-8-14)19-17(5,6)15(21)18-11-16(2,3)4/h12-14,19H,7-11H2,1-6H3,(H,18,21). The van der Waals surface area contributed by atoms with Crippen LogP contribution in [0.2, 0.25) is 0 Å². The molecule has 2 unspecified atom stereocenters. The van der Waals surface area contributed by atoms with Gasteiger partial charge in [-0.05, 0) is 45.4 Å². The van der Waals surface area contributed by atoms with E-state index >= 15 is 0 Å². The van der Waals surface area contributed by atoms with Crippen LogP contribution in [0, 0.1) is 5.41 Å². The van der Waals surface area contributed by atoms with Crippen molar-refractivity contribution in [1.29, 1.82) is 0 Å². The normalized spacial score (nSPS) is 27.9. The second kappa shape index (κ2) is 5.88.